The van der Waals surface area contributed by atoms with Crippen molar-refractivity contribution in [1.29, 1.82) is 0 Å². The van der Waals surface area contributed by atoms with Crippen molar-refractivity contribution in [1.82, 2.24) is 9.13 Å². The summed E-state index contributed by atoms with van der Waals surface area (Å²) in [6, 6.07) is 9.65. The van der Waals surface area contributed by atoms with Gasteiger partial charge in [0, 0.05) is 18.9 Å². The van der Waals surface area contributed by atoms with Gasteiger partial charge in [0.2, 0.25) is 0 Å². The number of hydrogen-bond donors (Lipinski definition) is 0. The molecule has 0 aliphatic rings. The van der Waals surface area contributed by atoms with Gasteiger partial charge in [0.15, 0.2) is 0 Å². The Morgan fingerprint density at radius 3 is 2.20 bits per heavy atom. The summed E-state index contributed by atoms with van der Waals surface area (Å²) in [6.07, 6.45) is 4.29. The van der Waals surface area contributed by atoms with Gasteiger partial charge in [-0.15, -0.1) is 0 Å². The van der Waals surface area contributed by atoms with Gasteiger partial charge in [-0.2, -0.15) is 0 Å². The lowest BCUT2D eigenvalue weighted by Gasteiger charge is -2.10. The minimum Gasteiger partial charge on any atom is -0.309 e. The van der Waals surface area contributed by atoms with E-state index in [-0.39, 0.29) is 0 Å². The van der Waals surface area contributed by atoms with Gasteiger partial charge in [0.1, 0.15) is 0 Å². The molecule has 2 aromatic rings. The summed E-state index contributed by atoms with van der Waals surface area (Å²) in [5.41, 5.74) is 0.109. The summed E-state index contributed by atoms with van der Waals surface area (Å²) in [4.78, 5) is 24.1. The molecule has 0 unspecified atom stereocenters. The van der Waals surface area contributed by atoms with E-state index < -0.39 is 11.1 Å². The Kier molecular flexibility index (Phi) is 4.56. The number of benzene rings is 1. The maximum absolute atomic E-state index is 12.1. The highest BCUT2D eigenvalue weighted by Gasteiger charge is 2.06. The van der Waals surface area contributed by atoms with Gasteiger partial charge in [-0.25, -0.2) is 0 Å². The molecule has 1 aromatic heterocycles. The summed E-state index contributed by atoms with van der Waals surface area (Å²) in [6.45, 7) is 5.22. The van der Waals surface area contributed by atoms with E-state index >= 15 is 0 Å². The molecule has 0 saturated carbocycles. The number of aromatic nitrogens is 2. The van der Waals surface area contributed by atoms with Crippen molar-refractivity contribution in [2.75, 3.05) is 0 Å². The topological polar surface area (TPSA) is 44.0 Å². The minimum absolute atomic E-state index is 0.430. The number of aryl methyl sites for hydroxylation is 1. The Balaban J connectivity index is 2.23. The van der Waals surface area contributed by atoms with Gasteiger partial charge in [-0.1, -0.05) is 44.2 Å². The van der Waals surface area contributed by atoms with Crippen LogP contribution in [-0.4, -0.2) is 9.13 Å². The first kappa shape index (κ1) is 14.3. The van der Waals surface area contributed by atoms with Gasteiger partial charge in [-0.05, 0) is 17.9 Å². The van der Waals surface area contributed by atoms with E-state index in [2.05, 4.69) is 13.8 Å². The molecule has 1 heterocycles. The molecule has 0 amide bonds. The molecule has 0 saturated heterocycles. The highest BCUT2D eigenvalue weighted by molar-refractivity contribution is 5.15. The van der Waals surface area contributed by atoms with Crippen molar-refractivity contribution in [2.45, 2.75) is 33.4 Å². The van der Waals surface area contributed by atoms with Crippen LogP contribution >= 0.6 is 0 Å². The highest BCUT2D eigenvalue weighted by Crippen LogP contribution is 2.01. The number of nitrogens with zero attached hydrogens (tertiary/aromatic N) is 2. The third kappa shape index (κ3) is 3.47. The summed E-state index contributed by atoms with van der Waals surface area (Å²) in [5, 5.41) is 0. The molecule has 20 heavy (non-hydrogen) atoms. The molecule has 2 rings (SSSR count). The number of rotatable bonds is 5. The Morgan fingerprint density at radius 1 is 0.950 bits per heavy atom. The second kappa shape index (κ2) is 6.37. The SMILES string of the molecule is CC(C)CCn1ccn(Cc2ccccc2)c(=O)c1=O. The first-order valence-electron chi connectivity index (χ1n) is 6.91. The second-order valence-electron chi connectivity index (χ2n) is 5.40. The molecular formula is C16H20N2O2. The smallest absolute Gasteiger partial charge is 0.309 e. The van der Waals surface area contributed by atoms with E-state index in [0.717, 1.165) is 12.0 Å². The Hall–Kier alpha value is -2.10. The first-order valence-corrected chi connectivity index (χ1v) is 6.91. The van der Waals surface area contributed by atoms with Gasteiger partial charge in [0.25, 0.3) is 0 Å². The zero-order valence-corrected chi connectivity index (χ0v) is 12.0. The maximum Gasteiger partial charge on any atom is 0.316 e. The average Bonchev–Trinajstić information content (AvgIpc) is 2.44. The van der Waals surface area contributed by atoms with Crippen molar-refractivity contribution in [3.05, 3.63) is 69.0 Å². The zero-order chi connectivity index (χ0) is 14.5. The van der Waals surface area contributed by atoms with E-state index in [1.54, 1.807) is 12.4 Å². The van der Waals surface area contributed by atoms with Crippen LogP contribution < -0.4 is 11.1 Å². The van der Waals surface area contributed by atoms with Crippen molar-refractivity contribution in [2.24, 2.45) is 5.92 Å². The molecule has 0 N–H and O–H groups in total. The molecular weight excluding hydrogens is 252 g/mol. The van der Waals surface area contributed by atoms with Gasteiger partial charge < -0.3 is 9.13 Å². The molecule has 0 bridgehead atoms. The summed E-state index contributed by atoms with van der Waals surface area (Å²) in [5.74, 6) is 0.508. The monoisotopic (exact) mass is 272 g/mol. The normalized spacial score (nSPS) is 10.9. The first-order chi connectivity index (χ1) is 9.58. The van der Waals surface area contributed by atoms with Crippen molar-refractivity contribution in [3.63, 3.8) is 0 Å². The number of hydrogen-bond acceptors (Lipinski definition) is 2. The molecule has 0 spiro atoms. The zero-order valence-electron chi connectivity index (χ0n) is 12.0. The fourth-order valence-electron chi connectivity index (χ4n) is 2.02. The van der Waals surface area contributed by atoms with E-state index in [1.807, 2.05) is 30.3 Å². The molecule has 0 radical (unpaired) electrons. The molecule has 4 nitrogen and oxygen atoms in total. The Morgan fingerprint density at radius 2 is 1.55 bits per heavy atom. The van der Waals surface area contributed by atoms with Crippen molar-refractivity contribution >= 4 is 0 Å². The summed E-state index contributed by atoms with van der Waals surface area (Å²) >= 11 is 0. The standard InChI is InChI=1S/C16H20N2O2/c1-13(2)8-9-17-10-11-18(16(20)15(17)19)12-14-6-4-3-5-7-14/h3-7,10-11,13H,8-9,12H2,1-2H3. The van der Waals surface area contributed by atoms with E-state index in [1.165, 1.54) is 9.13 Å². The van der Waals surface area contributed by atoms with Crippen LogP contribution in [0.25, 0.3) is 0 Å². The Bertz CT molecular complexity index is 669. The molecule has 0 aliphatic carbocycles. The van der Waals surface area contributed by atoms with Gasteiger partial charge in [0.05, 0.1) is 6.54 Å². The molecule has 106 valence electrons. The lowest BCUT2D eigenvalue weighted by molar-refractivity contribution is 0.499. The fraction of sp³-hybridized carbons (Fsp3) is 0.375. The van der Waals surface area contributed by atoms with Crippen LogP contribution in [-0.2, 0) is 13.1 Å². The van der Waals surface area contributed by atoms with E-state index in [0.29, 0.717) is 19.0 Å². The van der Waals surface area contributed by atoms with Crippen LogP contribution in [0.15, 0.2) is 52.3 Å². The third-order valence-electron chi connectivity index (χ3n) is 3.27. The lowest BCUT2D eigenvalue weighted by Crippen LogP contribution is -2.40. The predicted octanol–water partition coefficient (Wildman–Crippen LogP) is 2.10. The van der Waals surface area contributed by atoms with Gasteiger partial charge in [-0.3, -0.25) is 9.59 Å². The van der Waals surface area contributed by atoms with Crippen LogP contribution in [0.5, 0.6) is 0 Å². The third-order valence-corrected chi connectivity index (χ3v) is 3.27. The van der Waals surface area contributed by atoms with Crippen LogP contribution in [0, 0.1) is 5.92 Å². The predicted molar refractivity (Wildman–Crippen MR) is 80.0 cm³/mol. The van der Waals surface area contributed by atoms with E-state index in [4.69, 9.17) is 0 Å². The Labute approximate surface area is 118 Å². The molecule has 0 fully saturated rings. The molecule has 0 aliphatic heterocycles. The largest absolute Gasteiger partial charge is 0.316 e. The van der Waals surface area contributed by atoms with Crippen molar-refractivity contribution in [3.8, 4) is 0 Å². The summed E-state index contributed by atoms with van der Waals surface area (Å²) in [7, 11) is 0. The van der Waals surface area contributed by atoms with Crippen molar-refractivity contribution < 1.29 is 0 Å². The second-order valence-corrected chi connectivity index (χ2v) is 5.40. The van der Waals surface area contributed by atoms with E-state index in [9.17, 15) is 9.59 Å². The quantitative estimate of drug-likeness (QED) is 0.782. The molecule has 1 aromatic carbocycles. The van der Waals surface area contributed by atoms with Crippen LogP contribution in [0.4, 0.5) is 0 Å². The summed E-state index contributed by atoms with van der Waals surface area (Å²) < 4.78 is 2.97. The fourth-order valence-corrected chi connectivity index (χ4v) is 2.02. The lowest BCUT2D eigenvalue weighted by atomic mass is 10.1. The van der Waals surface area contributed by atoms with Gasteiger partial charge >= 0.3 is 11.1 Å². The average molecular weight is 272 g/mol. The highest BCUT2D eigenvalue weighted by atomic mass is 16.2. The van der Waals surface area contributed by atoms with Crippen LogP contribution in [0.2, 0.25) is 0 Å². The van der Waals surface area contributed by atoms with Crippen LogP contribution in [0.1, 0.15) is 25.8 Å². The minimum atomic E-state index is -0.458. The molecule has 0 atom stereocenters. The molecule has 4 heteroatoms. The van der Waals surface area contributed by atoms with Crippen LogP contribution in [0.3, 0.4) is 0 Å². The maximum atomic E-state index is 12.1.